The standard InChI is InChI=1S/C15H22O4S/c1-10-12(16-2)13(17-3)14(18-4)15(19-10)20-11-8-6-5-7-9-11/h5-10,12-15H,1-4H3/t10-,12+,13-,14-,15+/m0/s1. The molecule has 20 heavy (non-hydrogen) atoms. The van der Waals surface area contributed by atoms with E-state index in [1.165, 1.54) is 0 Å². The molecule has 1 aromatic carbocycles. The van der Waals surface area contributed by atoms with Gasteiger partial charge in [-0.25, -0.2) is 0 Å². The molecule has 5 heteroatoms. The van der Waals surface area contributed by atoms with Gasteiger partial charge in [-0.3, -0.25) is 0 Å². The molecule has 5 atom stereocenters. The molecule has 2 rings (SSSR count). The normalized spacial score (nSPS) is 34.1. The van der Waals surface area contributed by atoms with Gasteiger partial charge in [0.25, 0.3) is 0 Å². The van der Waals surface area contributed by atoms with Gasteiger partial charge in [0.15, 0.2) is 0 Å². The lowest BCUT2D eigenvalue weighted by Crippen LogP contribution is -2.57. The average molecular weight is 298 g/mol. The summed E-state index contributed by atoms with van der Waals surface area (Å²) in [4.78, 5) is 1.15. The summed E-state index contributed by atoms with van der Waals surface area (Å²) < 4.78 is 22.8. The van der Waals surface area contributed by atoms with Crippen LogP contribution in [0.4, 0.5) is 0 Å². The zero-order chi connectivity index (χ0) is 14.5. The van der Waals surface area contributed by atoms with Gasteiger partial charge < -0.3 is 18.9 Å². The SMILES string of the molecule is CO[C@H]1[C@H](OC)[C@H](C)O[C@H](Sc2ccccc2)[C@H]1OC. The Bertz CT molecular complexity index is 400. The molecule has 0 aromatic heterocycles. The van der Waals surface area contributed by atoms with E-state index in [0.717, 1.165) is 4.90 Å². The second kappa shape index (κ2) is 7.43. The van der Waals surface area contributed by atoms with Crippen molar-refractivity contribution in [1.82, 2.24) is 0 Å². The molecule has 4 nitrogen and oxygen atoms in total. The predicted octanol–water partition coefficient (Wildman–Crippen LogP) is 2.57. The maximum absolute atomic E-state index is 6.06. The molecule has 0 unspecified atom stereocenters. The monoisotopic (exact) mass is 298 g/mol. The summed E-state index contributed by atoms with van der Waals surface area (Å²) in [6, 6.07) is 10.2. The van der Waals surface area contributed by atoms with E-state index in [9.17, 15) is 0 Å². The van der Waals surface area contributed by atoms with Crippen LogP contribution in [0.3, 0.4) is 0 Å². The summed E-state index contributed by atoms with van der Waals surface area (Å²) in [5.41, 5.74) is -0.117. The first-order valence-electron chi connectivity index (χ1n) is 6.66. The van der Waals surface area contributed by atoms with Gasteiger partial charge in [-0.1, -0.05) is 30.0 Å². The largest absolute Gasteiger partial charge is 0.376 e. The van der Waals surface area contributed by atoms with Crippen LogP contribution in [-0.2, 0) is 18.9 Å². The van der Waals surface area contributed by atoms with Crippen molar-refractivity contribution >= 4 is 11.8 Å². The van der Waals surface area contributed by atoms with Crippen LogP contribution in [0, 0.1) is 0 Å². The Morgan fingerprint density at radius 1 is 0.900 bits per heavy atom. The molecule has 0 spiro atoms. The first-order chi connectivity index (χ1) is 9.71. The van der Waals surface area contributed by atoms with Gasteiger partial charge in [0.1, 0.15) is 23.7 Å². The van der Waals surface area contributed by atoms with Crippen LogP contribution in [-0.4, -0.2) is 51.2 Å². The van der Waals surface area contributed by atoms with E-state index in [2.05, 4.69) is 12.1 Å². The number of benzene rings is 1. The average Bonchev–Trinajstić information content (AvgIpc) is 2.47. The number of methoxy groups -OCH3 is 3. The van der Waals surface area contributed by atoms with Crippen molar-refractivity contribution in [3.05, 3.63) is 30.3 Å². The second-order valence-electron chi connectivity index (χ2n) is 4.74. The van der Waals surface area contributed by atoms with Crippen molar-refractivity contribution in [2.24, 2.45) is 0 Å². The van der Waals surface area contributed by atoms with Crippen molar-refractivity contribution < 1.29 is 18.9 Å². The summed E-state index contributed by atoms with van der Waals surface area (Å²) in [5, 5.41) is 0. The zero-order valence-electron chi connectivity index (χ0n) is 12.3. The van der Waals surface area contributed by atoms with E-state index in [-0.39, 0.29) is 29.9 Å². The minimum Gasteiger partial charge on any atom is -0.376 e. The quantitative estimate of drug-likeness (QED) is 0.835. The summed E-state index contributed by atoms with van der Waals surface area (Å²) >= 11 is 1.65. The summed E-state index contributed by atoms with van der Waals surface area (Å²) in [6.07, 6.45) is -0.489. The Balaban J connectivity index is 2.15. The van der Waals surface area contributed by atoms with Crippen LogP contribution in [0.5, 0.6) is 0 Å². The van der Waals surface area contributed by atoms with E-state index in [0.29, 0.717) is 0 Å². The molecule has 1 fully saturated rings. The van der Waals surface area contributed by atoms with Gasteiger partial charge in [0, 0.05) is 26.2 Å². The van der Waals surface area contributed by atoms with Gasteiger partial charge >= 0.3 is 0 Å². The molecule has 112 valence electrons. The van der Waals surface area contributed by atoms with Crippen LogP contribution in [0.2, 0.25) is 0 Å². The molecule has 1 aromatic rings. The minimum absolute atomic E-state index is 0.0439. The second-order valence-corrected chi connectivity index (χ2v) is 5.91. The van der Waals surface area contributed by atoms with Gasteiger partial charge in [0.05, 0.1) is 6.10 Å². The van der Waals surface area contributed by atoms with Gasteiger partial charge in [-0.15, -0.1) is 0 Å². The molecule has 0 radical (unpaired) electrons. The van der Waals surface area contributed by atoms with E-state index >= 15 is 0 Å². The Morgan fingerprint density at radius 2 is 1.50 bits per heavy atom. The molecule has 1 saturated heterocycles. The minimum atomic E-state index is -0.175. The molecular weight excluding hydrogens is 276 g/mol. The van der Waals surface area contributed by atoms with E-state index in [1.807, 2.05) is 25.1 Å². The van der Waals surface area contributed by atoms with Gasteiger partial charge in [-0.2, -0.15) is 0 Å². The lowest BCUT2D eigenvalue weighted by Gasteiger charge is -2.43. The topological polar surface area (TPSA) is 36.9 Å². The maximum atomic E-state index is 6.06. The van der Waals surface area contributed by atoms with E-state index in [4.69, 9.17) is 18.9 Å². The van der Waals surface area contributed by atoms with Crippen LogP contribution >= 0.6 is 11.8 Å². The summed E-state index contributed by atoms with van der Waals surface area (Å²) in [7, 11) is 5.04. The van der Waals surface area contributed by atoms with Crippen LogP contribution in [0.25, 0.3) is 0 Å². The molecular formula is C15H22O4S. The van der Waals surface area contributed by atoms with Crippen molar-refractivity contribution in [2.45, 2.75) is 41.7 Å². The highest BCUT2D eigenvalue weighted by atomic mass is 32.2. The molecule has 0 saturated carbocycles. The van der Waals surface area contributed by atoms with Crippen molar-refractivity contribution in [2.75, 3.05) is 21.3 Å². The fourth-order valence-electron chi connectivity index (χ4n) is 2.54. The van der Waals surface area contributed by atoms with Crippen LogP contribution in [0.1, 0.15) is 6.92 Å². The predicted molar refractivity (Wildman–Crippen MR) is 79.0 cm³/mol. The zero-order valence-corrected chi connectivity index (χ0v) is 13.1. The third-order valence-corrected chi connectivity index (χ3v) is 4.70. The molecule has 0 bridgehead atoms. The van der Waals surface area contributed by atoms with Gasteiger partial charge in [0.2, 0.25) is 0 Å². The van der Waals surface area contributed by atoms with Crippen molar-refractivity contribution in [1.29, 1.82) is 0 Å². The Kier molecular flexibility index (Phi) is 5.86. The highest BCUT2D eigenvalue weighted by Crippen LogP contribution is 2.36. The number of hydrogen-bond donors (Lipinski definition) is 0. The van der Waals surface area contributed by atoms with Crippen LogP contribution < -0.4 is 0 Å². The molecule has 0 aliphatic carbocycles. The summed E-state index contributed by atoms with van der Waals surface area (Å²) in [6.45, 7) is 2.00. The van der Waals surface area contributed by atoms with Gasteiger partial charge in [-0.05, 0) is 19.1 Å². The molecule has 1 heterocycles. The summed E-state index contributed by atoms with van der Waals surface area (Å²) in [5.74, 6) is 0. The Morgan fingerprint density at radius 3 is 2.05 bits per heavy atom. The fraction of sp³-hybridized carbons (Fsp3) is 0.600. The third kappa shape index (κ3) is 3.35. The highest BCUT2D eigenvalue weighted by Gasteiger charge is 2.45. The number of ether oxygens (including phenoxy) is 4. The molecule has 1 aliphatic heterocycles. The molecule has 0 amide bonds. The number of thioether (sulfide) groups is 1. The lowest BCUT2D eigenvalue weighted by atomic mass is 10.0. The van der Waals surface area contributed by atoms with E-state index in [1.54, 1.807) is 33.1 Å². The molecule has 0 N–H and O–H groups in total. The highest BCUT2D eigenvalue weighted by molar-refractivity contribution is 7.99. The van der Waals surface area contributed by atoms with Crippen LogP contribution in [0.15, 0.2) is 35.2 Å². The maximum Gasteiger partial charge on any atom is 0.136 e. The Labute approximate surface area is 124 Å². The number of rotatable bonds is 5. The van der Waals surface area contributed by atoms with E-state index < -0.39 is 0 Å². The Hall–Kier alpha value is -0.590. The fourth-order valence-corrected chi connectivity index (χ4v) is 3.76. The third-order valence-electron chi connectivity index (χ3n) is 3.54. The first kappa shape index (κ1) is 15.8. The molecule has 1 aliphatic rings. The lowest BCUT2D eigenvalue weighted by molar-refractivity contribution is -0.216. The van der Waals surface area contributed by atoms with Crippen molar-refractivity contribution in [3.8, 4) is 0 Å². The smallest absolute Gasteiger partial charge is 0.136 e. The van der Waals surface area contributed by atoms with Crippen molar-refractivity contribution in [3.63, 3.8) is 0 Å². The number of hydrogen-bond acceptors (Lipinski definition) is 5. The first-order valence-corrected chi connectivity index (χ1v) is 7.54.